The van der Waals surface area contributed by atoms with Crippen molar-refractivity contribution in [3.63, 3.8) is 0 Å². The van der Waals surface area contributed by atoms with Crippen molar-refractivity contribution in [2.45, 2.75) is 0 Å². The van der Waals surface area contributed by atoms with Crippen molar-refractivity contribution in [3.8, 4) is 50.7 Å². The zero-order valence-electron chi connectivity index (χ0n) is 24.8. The van der Waals surface area contributed by atoms with E-state index in [1.807, 2.05) is 17.4 Å². The van der Waals surface area contributed by atoms with Crippen molar-refractivity contribution < 1.29 is 0 Å². The number of hydrogen-bond donors (Lipinski definition) is 0. The van der Waals surface area contributed by atoms with Crippen LogP contribution >= 0.6 is 11.3 Å². The fraction of sp³-hybridized carbons (Fsp3) is 0. The number of rotatable bonds is 5. The van der Waals surface area contributed by atoms with Crippen LogP contribution in [0.5, 0.6) is 0 Å². The zero-order chi connectivity index (χ0) is 30.5. The van der Waals surface area contributed by atoms with E-state index in [0.717, 1.165) is 28.5 Å². The SMILES string of the molecule is c1ccc(-n2c(-c3ccc(-c4ccc5ccccc5c4)cc3)nnc2-c2ccc(-c3cccc4c3sc3ccccc34)cc2)cc1. The van der Waals surface area contributed by atoms with Crippen LogP contribution in [-0.2, 0) is 0 Å². The van der Waals surface area contributed by atoms with Gasteiger partial charge in [-0.2, -0.15) is 0 Å². The van der Waals surface area contributed by atoms with E-state index in [2.05, 4.69) is 162 Å². The number of hydrogen-bond acceptors (Lipinski definition) is 3. The summed E-state index contributed by atoms with van der Waals surface area (Å²) in [5, 5.41) is 14.6. The molecule has 4 heteroatoms. The molecular formula is C42H27N3S. The molecule has 0 aliphatic rings. The second-order valence-electron chi connectivity index (χ2n) is 11.5. The quantitative estimate of drug-likeness (QED) is 0.195. The minimum absolute atomic E-state index is 0.811. The van der Waals surface area contributed by atoms with Crippen molar-refractivity contribution >= 4 is 42.3 Å². The number of nitrogens with zero attached hydrogens (tertiary/aromatic N) is 3. The van der Waals surface area contributed by atoms with Crippen LogP contribution in [0.2, 0.25) is 0 Å². The van der Waals surface area contributed by atoms with Gasteiger partial charge in [-0.25, -0.2) is 0 Å². The number of para-hydroxylation sites is 1. The molecule has 0 fully saturated rings. The molecule has 9 rings (SSSR count). The normalized spacial score (nSPS) is 11.5. The third kappa shape index (κ3) is 4.50. The Morgan fingerprint density at radius 2 is 1.00 bits per heavy atom. The molecule has 2 aromatic heterocycles. The van der Waals surface area contributed by atoms with Crippen LogP contribution in [0.4, 0.5) is 0 Å². The average molecular weight is 606 g/mol. The Labute approximate surface area is 270 Å². The van der Waals surface area contributed by atoms with Crippen LogP contribution in [0.25, 0.3) is 81.7 Å². The van der Waals surface area contributed by atoms with Crippen LogP contribution in [-0.4, -0.2) is 14.8 Å². The zero-order valence-corrected chi connectivity index (χ0v) is 25.7. The summed E-state index contributed by atoms with van der Waals surface area (Å²) in [7, 11) is 0. The lowest BCUT2D eigenvalue weighted by Gasteiger charge is -2.12. The van der Waals surface area contributed by atoms with Crippen LogP contribution < -0.4 is 0 Å². The summed E-state index contributed by atoms with van der Waals surface area (Å²) in [6.45, 7) is 0. The lowest BCUT2D eigenvalue weighted by atomic mass is 10.00. The van der Waals surface area contributed by atoms with Crippen molar-refractivity contribution in [2.75, 3.05) is 0 Å². The maximum Gasteiger partial charge on any atom is 0.168 e. The molecule has 0 saturated carbocycles. The van der Waals surface area contributed by atoms with E-state index in [1.165, 1.54) is 53.2 Å². The molecule has 9 aromatic rings. The van der Waals surface area contributed by atoms with Crippen LogP contribution in [0.1, 0.15) is 0 Å². The Balaban J connectivity index is 1.10. The van der Waals surface area contributed by atoms with Gasteiger partial charge in [-0.05, 0) is 57.3 Å². The lowest BCUT2D eigenvalue weighted by molar-refractivity contribution is 1.07. The molecule has 3 nitrogen and oxygen atoms in total. The van der Waals surface area contributed by atoms with Gasteiger partial charge in [-0.1, -0.05) is 140 Å². The highest BCUT2D eigenvalue weighted by molar-refractivity contribution is 7.26. The number of thiophene rings is 1. The first-order valence-electron chi connectivity index (χ1n) is 15.4. The summed E-state index contributed by atoms with van der Waals surface area (Å²) in [5.41, 5.74) is 7.86. The van der Waals surface area contributed by atoms with Gasteiger partial charge in [-0.3, -0.25) is 4.57 Å². The molecule has 2 heterocycles. The van der Waals surface area contributed by atoms with Gasteiger partial charge in [-0.15, -0.1) is 21.5 Å². The van der Waals surface area contributed by atoms with Gasteiger partial charge in [0, 0.05) is 37.0 Å². The van der Waals surface area contributed by atoms with Gasteiger partial charge >= 0.3 is 0 Å². The van der Waals surface area contributed by atoms with Gasteiger partial charge in [0.05, 0.1) is 0 Å². The summed E-state index contributed by atoms with van der Waals surface area (Å²) in [6.07, 6.45) is 0. The van der Waals surface area contributed by atoms with Crippen molar-refractivity contribution in [2.24, 2.45) is 0 Å². The van der Waals surface area contributed by atoms with Crippen molar-refractivity contribution in [1.29, 1.82) is 0 Å². The second-order valence-corrected chi connectivity index (χ2v) is 12.6. The predicted octanol–water partition coefficient (Wildman–Crippen LogP) is 11.5. The fourth-order valence-electron chi connectivity index (χ4n) is 6.43. The second kappa shape index (κ2) is 11.0. The highest BCUT2D eigenvalue weighted by Crippen LogP contribution is 2.40. The molecule has 0 N–H and O–H groups in total. The van der Waals surface area contributed by atoms with Crippen LogP contribution in [0, 0.1) is 0 Å². The first-order valence-corrected chi connectivity index (χ1v) is 16.2. The number of benzene rings is 7. The van der Waals surface area contributed by atoms with Gasteiger partial charge in [0.1, 0.15) is 0 Å². The summed E-state index contributed by atoms with van der Waals surface area (Å²) >= 11 is 1.86. The van der Waals surface area contributed by atoms with E-state index in [4.69, 9.17) is 10.2 Å². The molecule has 216 valence electrons. The number of fused-ring (bicyclic) bond motifs is 4. The Hall–Kier alpha value is -5.84. The largest absolute Gasteiger partial charge is 0.275 e. The fourth-order valence-corrected chi connectivity index (χ4v) is 7.67. The first-order chi connectivity index (χ1) is 22.8. The predicted molar refractivity (Wildman–Crippen MR) is 193 cm³/mol. The molecule has 0 atom stereocenters. The molecule has 0 radical (unpaired) electrons. The third-order valence-electron chi connectivity index (χ3n) is 8.76. The molecule has 0 amide bonds. The summed E-state index contributed by atoms with van der Waals surface area (Å²) < 4.78 is 4.79. The highest BCUT2D eigenvalue weighted by atomic mass is 32.1. The Morgan fingerprint density at radius 1 is 0.413 bits per heavy atom. The van der Waals surface area contributed by atoms with Gasteiger partial charge in [0.15, 0.2) is 11.6 Å². The van der Waals surface area contributed by atoms with Crippen LogP contribution in [0.15, 0.2) is 164 Å². The molecule has 0 saturated heterocycles. The number of aromatic nitrogens is 3. The van der Waals surface area contributed by atoms with Crippen LogP contribution in [0.3, 0.4) is 0 Å². The maximum atomic E-state index is 4.75. The Bertz CT molecular complexity index is 2510. The van der Waals surface area contributed by atoms with E-state index in [0.29, 0.717) is 0 Å². The maximum absolute atomic E-state index is 4.75. The average Bonchev–Trinajstić information content (AvgIpc) is 3.75. The van der Waals surface area contributed by atoms with Gasteiger partial charge in [0.2, 0.25) is 0 Å². The Morgan fingerprint density at radius 3 is 1.76 bits per heavy atom. The molecule has 0 aliphatic carbocycles. The molecule has 0 aliphatic heterocycles. The molecular weight excluding hydrogens is 579 g/mol. The van der Waals surface area contributed by atoms with Gasteiger partial charge < -0.3 is 0 Å². The standard InChI is InChI=1S/C42H27N3S/c1-2-11-35(12-3-1)45-41(31-22-17-29(18-23-31)34-26-19-28-9-4-5-10-33(28)27-34)43-44-42(45)32-24-20-30(21-25-32)36-14-8-15-38-37-13-6-7-16-39(37)46-40(36)38/h1-27H. The molecule has 46 heavy (non-hydrogen) atoms. The minimum Gasteiger partial charge on any atom is -0.275 e. The van der Waals surface area contributed by atoms with Gasteiger partial charge in [0.25, 0.3) is 0 Å². The molecule has 0 unspecified atom stereocenters. The molecule has 7 aromatic carbocycles. The van der Waals surface area contributed by atoms with E-state index >= 15 is 0 Å². The van der Waals surface area contributed by atoms with Crippen molar-refractivity contribution in [1.82, 2.24) is 14.8 Å². The molecule has 0 bridgehead atoms. The van der Waals surface area contributed by atoms with E-state index in [-0.39, 0.29) is 0 Å². The monoisotopic (exact) mass is 605 g/mol. The first kappa shape index (κ1) is 26.6. The summed E-state index contributed by atoms with van der Waals surface area (Å²) in [5.74, 6) is 1.62. The van der Waals surface area contributed by atoms with E-state index < -0.39 is 0 Å². The topological polar surface area (TPSA) is 30.7 Å². The van der Waals surface area contributed by atoms with Crippen molar-refractivity contribution in [3.05, 3.63) is 164 Å². The van der Waals surface area contributed by atoms with E-state index in [9.17, 15) is 0 Å². The smallest absolute Gasteiger partial charge is 0.168 e. The molecule has 0 spiro atoms. The highest BCUT2D eigenvalue weighted by Gasteiger charge is 2.18. The summed E-state index contributed by atoms with van der Waals surface area (Å²) in [6, 6.07) is 58.1. The Kier molecular flexibility index (Phi) is 6.32. The third-order valence-corrected chi connectivity index (χ3v) is 9.98. The summed E-state index contributed by atoms with van der Waals surface area (Å²) in [4.78, 5) is 0. The minimum atomic E-state index is 0.811. The van der Waals surface area contributed by atoms with E-state index in [1.54, 1.807) is 0 Å². The lowest BCUT2D eigenvalue weighted by Crippen LogP contribution is -2.00.